The number of aromatic amines is 1. The summed E-state index contributed by atoms with van der Waals surface area (Å²) in [6, 6.07) is 1.32. The topological polar surface area (TPSA) is 76.1 Å². The summed E-state index contributed by atoms with van der Waals surface area (Å²) in [5, 5.41) is 2.65. The van der Waals surface area contributed by atoms with Gasteiger partial charge < -0.3 is 14.6 Å². The lowest BCUT2D eigenvalue weighted by Crippen LogP contribution is -2.31. The molecule has 0 saturated carbocycles. The van der Waals surface area contributed by atoms with Crippen LogP contribution < -0.4 is 10.9 Å². The van der Waals surface area contributed by atoms with Crippen molar-refractivity contribution < 1.29 is 9.53 Å². The fraction of sp³-hybridized carbons (Fsp3) is 0.444. The maximum absolute atomic E-state index is 11.4. The van der Waals surface area contributed by atoms with Crippen LogP contribution in [0.25, 0.3) is 0 Å². The second-order valence-electron chi connectivity index (χ2n) is 3.08. The predicted octanol–water partition coefficient (Wildman–Crippen LogP) is -0.332. The average Bonchev–Trinajstić information content (AvgIpc) is 2.23. The largest absolute Gasteiger partial charge is 0.383 e. The molecule has 1 aromatic rings. The molecule has 6 nitrogen and oxygen atoms in total. The van der Waals surface area contributed by atoms with E-state index in [2.05, 4.69) is 10.3 Å². The molecule has 1 rings (SSSR count). The zero-order chi connectivity index (χ0) is 12.0. The van der Waals surface area contributed by atoms with E-state index in [0.717, 1.165) is 0 Å². The number of carbonyl (C=O) groups is 1. The zero-order valence-corrected chi connectivity index (χ0v) is 9.67. The van der Waals surface area contributed by atoms with E-state index in [1.165, 1.54) is 16.8 Å². The Bertz CT molecular complexity index is 466. The van der Waals surface area contributed by atoms with Gasteiger partial charge in [0.2, 0.25) is 5.91 Å². The van der Waals surface area contributed by atoms with Crippen molar-refractivity contribution in [3.05, 3.63) is 27.4 Å². The summed E-state index contributed by atoms with van der Waals surface area (Å²) in [6.45, 7) is 0.994. The van der Waals surface area contributed by atoms with Crippen molar-refractivity contribution in [3.8, 4) is 0 Å². The molecule has 0 unspecified atom stereocenters. The Morgan fingerprint density at radius 3 is 3.06 bits per heavy atom. The monoisotopic (exact) mass is 243 g/mol. The molecule has 0 aliphatic heterocycles. The molecule has 2 N–H and O–H groups in total. The first-order valence-electron chi connectivity index (χ1n) is 4.69. The number of rotatable bonds is 5. The van der Waals surface area contributed by atoms with Crippen LogP contribution in [-0.4, -0.2) is 35.7 Å². The number of methoxy groups -OCH3 is 1. The van der Waals surface area contributed by atoms with Crippen LogP contribution in [0, 0.1) is 4.77 Å². The van der Waals surface area contributed by atoms with E-state index in [4.69, 9.17) is 17.0 Å². The van der Waals surface area contributed by atoms with E-state index >= 15 is 0 Å². The van der Waals surface area contributed by atoms with Gasteiger partial charge >= 0.3 is 0 Å². The van der Waals surface area contributed by atoms with E-state index in [1.54, 1.807) is 7.11 Å². The van der Waals surface area contributed by atoms with Gasteiger partial charge in [0.15, 0.2) is 4.77 Å². The first-order valence-corrected chi connectivity index (χ1v) is 5.09. The zero-order valence-electron chi connectivity index (χ0n) is 8.86. The SMILES string of the molecule is COCCNC(=O)Cn1ccc(=O)[nH]c1=S. The van der Waals surface area contributed by atoms with Gasteiger partial charge in [-0.3, -0.25) is 14.6 Å². The molecule has 16 heavy (non-hydrogen) atoms. The van der Waals surface area contributed by atoms with Gasteiger partial charge in [-0.2, -0.15) is 0 Å². The summed E-state index contributed by atoms with van der Waals surface area (Å²) in [5.74, 6) is -0.180. The molecule has 0 aliphatic carbocycles. The quantitative estimate of drug-likeness (QED) is 0.548. The predicted molar refractivity (Wildman–Crippen MR) is 60.8 cm³/mol. The molecule has 88 valence electrons. The normalized spacial score (nSPS) is 10.1. The minimum atomic E-state index is -0.277. The summed E-state index contributed by atoms with van der Waals surface area (Å²) >= 11 is 4.90. The van der Waals surface area contributed by atoms with Crippen molar-refractivity contribution in [2.24, 2.45) is 0 Å². The lowest BCUT2D eigenvalue weighted by molar-refractivity contribution is -0.121. The average molecular weight is 243 g/mol. The van der Waals surface area contributed by atoms with Crippen molar-refractivity contribution in [2.75, 3.05) is 20.3 Å². The molecule has 0 atom stereocenters. The standard InChI is InChI=1S/C9H13N3O3S/c1-15-5-3-10-8(14)6-12-4-2-7(13)11-9(12)16/h2,4H,3,5-6H2,1H3,(H,10,14)(H,11,13,16). The number of ether oxygens (including phenoxy) is 1. The van der Waals surface area contributed by atoms with Crippen molar-refractivity contribution in [2.45, 2.75) is 6.54 Å². The Labute approximate surface area is 97.3 Å². The molecule has 0 saturated heterocycles. The lowest BCUT2D eigenvalue weighted by Gasteiger charge is -2.06. The van der Waals surface area contributed by atoms with Crippen LogP contribution in [-0.2, 0) is 16.1 Å². The van der Waals surface area contributed by atoms with Gasteiger partial charge in [0.1, 0.15) is 6.54 Å². The van der Waals surface area contributed by atoms with Crippen molar-refractivity contribution in [3.63, 3.8) is 0 Å². The van der Waals surface area contributed by atoms with E-state index in [1.807, 2.05) is 0 Å². The first kappa shape index (κ1) is 12.6. The number of aromatic nitrogens is 2. The summed E-state index contributed by atoms with van der Waals surface area (Å²) in [6.07, 6.45) is 1.48. The number of carbonyl (C=O) groups excluding carboxylic acids is 1. The Kier molecular flexibility index (Phi) is 4.87. The summed E-state index contributed by atoms with van der Waals surface area (Å²) < 4.78 is 6.51. The molecule has 0 aliphatic rings. The molecule has 0 bridgehead atoms. The van der Waals surface area contributed by atoms with Gasteiger partial charge in [0.05, 0.1) is 6.61 Å². The number of hydrogen-bond donors (Lipinski definition) is 2. The second-order valence-corrected chi connectivity index (χ2v) is 3.47. The number of hydrogen-bond acceptors (Lipinski definition) is 4. The summed E-state index contributed by atoms with van der Waals surface area (Å²) in [7, 11) is 1.56. The Hall–Kier alpha value is -1.47. The first-order chi connectivity index (χ1) is 7.63. The van der Waals surface area contributed by atoms with Crippen LogP contribution in [0.2, 0.25) is 0 Å². The van der Waals surface area contributed by atoms with E-state index in [0.29, 0.717) is 13.2 Å². The van der Waals surface area contributed by atoms with Crippen molar-refractivity contribution in [1.82, 2.24) is 14.9 Å². The minimum absolute atomic E-state index is 0.0827. The number of nitrogens with zero attached hydrogens (tertiary/aromatic N) is 1. The molecule has 7 heteroatoms. The summed E-state index contributed by atoms with van der Waals surface area (Å²) in [4.78, 5) is 24.7. The highest BCUT2D eigenvalue weighted by Gasteiger charge is 2.01. The van der Waals surface area contributed by atoms with E-state index in [9.17, 15) is 9.59 Å². The highest BCUT2D eigenvalue weighted by atomic mass is 32.1. The highest BCUT2D eigenvalue weighted by Crippen LogP contribution is 1.86. The van der Waals surface area contributed by atoms with Gasteiger partial charge in [-0.15, -0.1) is 0 Å². The molecular formula is C9H13N3O3S. The number of nitrogens with one attached hydrogen (secondary N) is 2. The van der Waals surface area contributed by atoms with Crippen molar-refractivity contribution in [1.29, 1.82) is 0 Å². The number of amides is 1. The molecular weight excluding hydrogens is 230 g/mol. The maximum Gasteiger partial charge on any atom is 0.251 e. The third kappa shape index (κ3) is 3.95. The molecule has 0 spiro atoms. The second kappa shape index (κ2) is 6.19. The van der Waals surface area contributed by atoms with Crippen LogP contribution in [0.15, 0.2) is 17.1 Å². The summed E-state index contributed by atoms with van der Waals surface area (Å²) in [5.41, 5.74) is -0.277. The van der Waals surface area contributed by atoms with Crippen LogP contribution in [0.1, 0.15) is 0 Å². The van der Waals surface area contributed by atoms with Gasteiger partial charge in [0.25, 0.3) is 5.56 Å². The minimum Gasteiger partial charge on any atom is -0.383 e. The van der Waals surface area contributed by atoms with Gasteiger partial charge in [-0.05, 0) is 12.2 Å². The Morgan fingerprint density at radius 1 is 1.69 bits per heavy atom. The lowest BCUT2D eigenvalue weighted by atomic mass is 10.5. The fourth-order valence-corrected chi connectivity index (χ4v) is 1.30. The van der Waals surface area contributed by atoms with E-state index < -0.39 is 0 Å². The molecule has 0 fully saturated rings. The fourth-order valence-electron chi connectivity index (χ4n) is 1.07. The third-order valence-electron chi connectivity index (χ3n) is 1.84. The maximum atomic E-state index is 11.4. The van der Waals surface area contributed by atoms with E-state index in [-0.39, 0.29) is 22.8 Å². The van der Waals surface area contributed by atoms with Gasteiger partial charge in [-0.1, -0.05) is 0 Å². The molecule has 0 aromatic carbocycles. The smallest absolute Gasteiger partial charge is 0.251 e. The Morgan fingerprint density at radius 2 is 2.44 bits per heavy atom. The van der Waals surface area contributed by atoms with Crippen LogP contribution in [0.3, 0.4) is 0 Å². The van der Waals surface area contributed by atoms with Crippen molar-refractivity contribution >= 4 is 18.1 Å². The Balaban J connectivity index is 2.56. The van der Waals surface area contributed by atoms with Crippen LogP contribution >= 0.6 is 12.2 Å². The third-order valence-corrected chi connectivity index (χ3v) is 2.18. The highest BCUT2D eigenvalue weighted by molar-refractivity contribution is 7.71. The van der Waals surface area contributed by atoms with Crippen LogP contribution in [0.4, 0.5) is 0 Å². The van der Waals surface area contributed by atoms with Gasteiger partial charge in [0, 0.05) is 25.9 Å². The molecule has 1 amide bonds. The molecule has 1 heterocycles. The molecule has 1 aromatic heterocycles. The van der Waals surface area contributed by atoms with Gasteiger partial charge in [-0.25, -0.2) is 0 Å². The molecule has 0 radical (unpaired) electrons. The van der Waals surface area contributed by atoms with Crippen LogP contribution in [0.5, 0.6) is 0 Å². The number of H-pyrrole nitrogens is 1.